The lowest BCUT2D eigenvalue weighted by Gasteiger charge is -2.54. The van der Waals surface area contributed by atoms with Crippen LogP contribution >= 0.6 is 0 Å². The molecule has 0 radical (unpaired) electrons. The zero-order valence-electron chi connectivity index (χ0n) is 27.1. The Hall–Kier alpha value is -2.77. The molecular formula is C42H48B2Si. The quantitative estimate of drug-likeness (QED) is 0.255. The minimum atomic E-state index is -2.20. The molecule has 6 heterocycles. The van der Waals surface area contributed by atoms with Crippen LogP contribution in [0.3, 0.4) is 0 Å². The fraction of sp³-hybridized carbons (Fsp3) is 0.429. The summed E-state index contributed by atoms with van der Waals surface area (Å²) in [6.45, 7) is 1.58. The topological polar surface area (TPSA) is 0 Å². The van der Waals surface area contributed by atoms with Crippen LogP contribution in [0.5, 0.6) is 0 Å². The van der Waals surface area contributed by atoms with Crippen LogP contribution in [0.4, 0.5) is 0 Å². The molecule has 9 rings (SSSR count). The minimum Gasteiger partial charge on any atom is -0.100 e. The molecule has 0 amide bonds. The van der Waals surface area contributed by atoms with E-state index in [2.05, 4.69) is 97.1 Å². The second kappa shape index (κ2) is 11.8. The smallest absolute Gasteiger partial charge is 0.100 e. The van der Waals surface area contributed by atoms with Gasteiger partial charge in [-0.15, -0.1) is 5.47 Å². The SMILES string of the molecule is C(=C1\C(B2C3CCCC2CCC3)=C(c2ccccc2)[Si]12CCC(B1C3CCCC1CCC3)=C2c1ccccc1)/c1ccccc1. The molecule has 0 saturated carbocycles. The minimum absolute atomic E-state index is 0.755. The highest BCUT2D eigenvalue weighted by Crippen LogP contribution is 2.66. The van der Waals surface area contributed by atoms with E-state index >= 15 is 0 Å². The monoisotopic (exact) mass is 602 g/mol. The molecule has 45 heavy (non-hydrogen) atoms. The highest BCUT2D eigenvalue weighted by Gasteiger charge is 2.62. The molecule has 6 aliphatic rings. The third-order valence-corrected chi connectivity index (χ3v) is 18.8. The van der Waals surface area contributed by atoms with Gasteiger partial charge >= 0.3 is 0 Å². The lowest BCUT2D eigenvalue weighted by Crippen LogP contribution is -2.54. The van der Waals surface area contributed by atoms with E-state index in [0.717, 1.165) is 36.7 Å². The predicted octanol–water partition coefficient (Wildman–Crippen LogP) is 11.7. The number of hydrogen-bond donors (Lipinski definition) is 0. The van der Waals surface area contributed by atoms with Crippen molar-refractivity contribution in [2.45, 2.75) is 113 Å². The van der Waals surface area contributed by atoms with E-state index in [9.17, 15) is 0 Å². The van der Waals surface area contributed by atoms with Gasteiger partial charge in [-0.05, 0) is 34.4 Å². The molecular weight excluding hydrogens is 554 g/mol. The molecule has 4 bridgehead atoms. The molecule has 1 spiro atoms. The van der Waals surface area contributed by atoms with Crippen LogP contribution < -0.4 is 0 Å². The Bertz CT molecular complexity index is 1600. The van der Waals surface area contributed by atoms with Gasteiger partial charge in [0.2, 0.25) is 0 Å². The van der Waals surface area contributed by atoms with E-state index in [1.807, 2.05) is 26.5 Å². The summed E-state index contributed by atoms with van der Waals surface area (Å²) in [6, 6.07) is 36.7. The molecule has 0 aromatic heterocycles. The van der Waals surface area contributed by atoms with E-state index in [0.29, 0.717) is 0 Å². The van der Waals surface area contributed by atoms with Gasteiger partial charge in [0, 0.05) is 0 Å². The fourth-order valence-electron chi connectivity index (χ4n) is 12.1. The number of rotatable bonds is 5. The van der Waals surface area contributed by atoms with Crippen molar-refractivity contribution in [1.29, 1.82) is 0 Å². The Kier molecular flexibility index (Phi) is 7.45. The Morgan fingerprint density at radius 1 is 0.511 bits per heavy atom. The largest absolute Gasteiger partial charge is 0.182 e. The summed E-state index contributed by atoms with van der Waals surface area (Å²) in [7, 11) is -2.20. The van der Waals surface area contributed by atoms with Gasteiger partial charge in [0.25, 0.3) is 0 Å². The maximum atomic E-state index is 2.74. The molecule has 3 aromatic rings. The summed E-state index contributed by atoms with van der Waals surface area (Å²) in [5, 5.41) is 5.58. The molecule has 6 aliphatic heterocycles. The molecule has 1 unspecified atom stereocenters. The van der Waals surface area contributed by atoms with Crippen molar-refractivity contribution in [1.82, 2.24) is 0 Å². The summed E-state index contributed by atoms with van der Waals surface area (Å²) in [4.78, 5) is 0. The molecule has 3 heteroatoms. The van der Waals surface area contributed by atoms with Crippen LogP contribution in [0.2, 0.25) is 29.3 Å². The van der Waals surface area contributed by atoms with E-state index in [1.54, 1.807) is 11.1 Å². The Morgan fingerprint density at radius 2 is 0.956 bits per heavy atom. The first-order valence-electron chi connectivity index (χ1n) is 18.7. The van der Waals surface area contributed by atoms with Gasteiger partial charge in [0.1, 0.15) is 8.07 Å². The molecule has 4 fully saturated rings. The highest BCUT2D eigenvalue weighted by atomic mass is 28.3. The van der Waals surface area contributed by atoms with Crippen molar-refractivity contribution in [2.24, 2.45) is 0 Å². The Balaban J connectivity index is 1.33. The number of fused-ring (bicyclic) bond motifs is 4. The summed E-state index contributed by atoms with van der Waals surface area (Å²) in [5.41, 5.74) is 8.31. The van der Waals surface area contributed by atoms with Gasteiger partial charge in [0.05, 0.1) is 0 Å². The number of hydrogen-bond acceptors (Lipinski definition) is 0. The van der Waals surface area contributed by atoms with Crippen LogP contribution in [0.1, 0.15) is 100 Å². The maximum absolute atomic E-state index is 2.74. The van der Waals surface area contributed by atoms with Crippen LogP contribution in [-0.4, -0.2) is 21.5 Å². The highest BCUT2D eigenvalue weighted by molar-refractivity contribution is 7.23. The van der Waals surface area contributed by atoms with Crippen molar-refractivity contribution in [3.8, 4) is 0 Å². The van der Waals surface area contributed by atoms with Gasteiger partial charge in [-0.1, -0.05) is 213 Å². The molecule has 4 saturated heterocycles. The first kappa shape index (κ1) is 28.4. The maximum Gasteiger partial charge on any atom is 0.182 e. The molecule has 0 aliphatic carbocycles. The lowest BCUT2D eigenvalue weighted by atomic mass is 9.24. The molecule has 226 valence electrons. The Morgan fingerprint density at radius 3 is 1.47 bits per heavy atom. The van der Waals surface area contributed by atoms with E-state index in [-0.39, 0.29) is 0 Å². The molecule has 0 N–H and O–H groups in total. The van der Waals surface area contributed by atoms with Crippen LogP contribution in [-0.2, 0) is 0 Å². The van der Waals surface area contributed by atoms with Crippen molar-refractivity contribution >= 4 is 38.0 Å². The number of benzene rings is 3. The van der Waals surface area contributed by atoms with Gasteiger partial charge < -0.3 is 0 Å². The third kappa shape index (κ3) is 4.62. The van der Waals surface area contributed by atoms with Gasteiger partial charge in [-0.25, -0.2) is 0 Å². The fourth-order valence-corrected chi connectivity index (χ4v) is 18.2. The summed E-state index contributed by atoms with van der Waals surface area (Å²) >= 11 is 0. The second-order valence-corrected chi connectivity index (χ2v) is 19.5. The average Bonchev–Trinajstić information content (AvgIpc) is 3.49. The zero-order valence-corrected chi connectivity index (χ0v) is 28.1. The van der Waals surface area contributed by atoms with E-state index < -0.39 is 8.07 Å². The standard InChI is InChI=1S/C42H48B2Si/c1-4-14-31(15-5-1)30-39-40(44-36-24-12-25-37(44)27-13-26-36)42(33-18-8-3-9-19-33)45(39)29-28-38(41(45)32-16-6-2-7-17-32)43-34-20-10-21-35(43)23-11-22-34/h1-9,14-19,30,34-37H,10-13,20-29H2/b39-30-. The summed E-state index contributed by atoms with van der Waals surface area (Å²) in [6.07, 6.45) is 21.5. The van der Waals surface area contributed by atoms with Gasteiger partial charge in [-0.3, -0.25) is 0 Å². The zero-order chi connectivity index (χ0) is 29.8. The van der Waals surface area contributed by atoms with E-state index in [4.69, 9.17) is 0 Å². The predicted molar refractivity (Wildman–Crippen MR) is 198 cm³/mol. The molecule has 3 aromatic carbocycles. The molecule has 1 atom stereocenters. The third-order valence-electron chi connectivity index (χ3n) is 13.6. The summed E-state index contributed by atoms with van der Waals surface area (Å²) < 4.78 is 0. The van der Waals surface area contributed by atoms with Crippen molar-refractivity contribution in [3.63, 3.8) is 0 Å². The Labute approximate surface area is 273 Å². The van der Waals surface area contributed by atoms with Crippen molar-refractivity contribution < 1.29 is 0 Å². The van der Waals surface area contributed by atoms with Crippen LogP contribution in [0.25, 0.3) is 16.5 Å². The van der Waals surface area contributed by atoms with E-state index in [1.165, 1.54) is 95.1 Å². The van der Waals surface area contributed by atoms with Crippen molar-refractivity contribution in [2.75, 3.05) is 0 Å². The average molecular weight is 603 g/mol. The van der Waals surface area contributed by atoms with Crippen molar-refractivity contribution in [3.05, 3.63) is 124 Å². The van der Waals surface area contributed by atoms with Gasteiger partial charge in [0.15, 0.2) is 13.4 Å². The normalized spacial score (nSPS) is 32.0. The van der Waals surface area contributed by atoms with Crippen LogP contribution in [0.15, 0.2) is 107 Å². The lowest BCUT2D eigenvalue weighted by molar-refractivity contribution is 0.445. The summed E-state index contributed by atoms with van der Waals surface area (Å²) in [5.74, 6) is 3.58. The van der Waals surface area contributed by atoms with Gasteiger partial charge in [-0.2, -0.15) is 0 Å². The first-order valence-corrected chi connectivity index (χ1v) is 20.9. The van der Waals surface area contributed by atoms with Crippen LogP contribution in [0, 0.1) is 0 Å². The number of allylic oxidation sites excluding steroid dienone is 3. The second-order valence-electron chi connectivity index (χ2n) is 15.6. The molecule has 0 nitrogen and oxygen atoms in total. The first-order chi connectivity index (χ1) is 22.3.